The number of allylic oxidation sites excluding steroid dienone is 36. The molecule has 0 saturated carbocycles. The third kappa shape index (κ3) is 77.3. The molecule has 0 aliphatic heterocycles. The van der Waals surface area contributed by atoms with E-state index in [1.54, 1.807) is 24.3 Å². The van der Waals surface area contributed by atoms with Crippen LogP contribution in [-0.4, -0.2) is 96.7 Å². The molecule has 0 aromatic carbocycles. The van der Waals surface area contributed by atoms with Crippen LogP contribution in [0.15, 0.2) is 231 Å². The normalized spacial score (nSPS) is 15.1. The van der Waals surface area contributed by atoms with Crippen molar-refractivity contribution in [1.82, 2.24) is 0 Å². The summed E-state index contributed by atoms with van der Waals surface area (Å²) >= 11 is 0. The first kappa shape index (κ1) is 101. The second-order valence-electron chi connectivity index (χ2n) is 25.2. The number of aliphatic hydroxyl groups is 1. The Hall–Kier alpha value is -6.88. The van der Waals surface area contributed by atoms with Crippen molar-refractivity contribution in [3.8, 4) is 0 Å². The van der Waals surface area contributed by atoms with Crippen molar-refractivity contribution in [1.29, 1.82) is 0 Å². The maximum atomic E-state index is 13.1. The molecule has 0 amide bonds. The summed E-state index contributed by atoms with van der Waals surface area (Å²) in [6.45, 7) is 4.08. The van der Waals surface area contributed by atoms with E-state index in [0.29, 0.717) is 25.7 Å². The molecule has 19 heteroatoms. The SMILES string of the molecule is CC/C=C\C/C=C\C/C=C\C/C=C\C/C=C\CCCCCC(=O)OCC(COP(=O)(O)OCC(O)COP(=O)(O)OCC(COC(=O)CCCCCCCC/C=C\C/C=C\C/C=C\C/C=C\CC)OC(=O)C/C=C\C/C=C\C/C=C\C/C=C\C/C=C\CC)OC(=O)C/C=C\C/C=C\C/C=C\C/C=C\C/C=C\CC. The lowest BCUT2D eigenvalue weighted by molar-refractivity contribution is -0.160. The summed E-state index contributed by atoms with van der Waals surface area (Å²) in [6, 6.07) is 0. The first-order valence-corrected chi connectivity index (χ1v) is 42.6. The van der Waals surface area contributed by atoms with Crippen LogP contribution < -0.4 is 0 Å². The molecular weight excluding hydrogens is 1400 g/mol. The lowest BCUT2D eigenvalue weighted by Gasteiger charge is -2.21. The Morgan fingerprint density at radius 1 is 0.269 bits per heavy atom. The van der Waals surface area contributed by atoms with E-state index >= 15 is 0 Å². The van der Waals surface area contributed by atoms with Crippen LogP contribution in [0.3, 0.4) is 0 Å². The maximum absolute atomic E-state index is 13.1. The molecule has 0 aromatic rings. The fraction of sp³-hybridized carbons (Fsp3) is 0.528. The summed E-state index contributed by atoms with van der Waals surface area (Å²) in [5.41, 5.74) is 0. The van der Waals surface area contributed by atoms with Gasteiger partial charge in [-0.05, 0) is 161 Å². The van der Waals surface area contributed by atoms with Gasteiger partial charge in [-0.3, -0.25) is 37.3 Å². The van der Waals surface area contributed by atoms with Gasteiger partial charge in [0.15, 0.2) is 12.2 Å². The number of rotatable bonds is 71. The van der Waals surface area contributed by atoms with Crippen LogP contribution >= 0.6 is 15.6 Å². The number of ether oxygens (including phenoxy) is 4. The average Bonchev–Trinajstić information content (AvgIpc) is 0.923. The van der Waals surface area contributed by atoms with Crippen molar-refractivity contribution in [3.05, 3.63) is 231 Å². The van der Waals surface area contributed by atoms with Crippen molar-refractivity contribution in [2.24, 2.45) is 0 Å². The maximum Gasteiger partial charge on any atom is 0.472 e. The van der Waals surface area contributed by atoms with Crippen molar-refractivity contribution >= 4 is 39.5 Å². The first-order chi connectivity index (χ1) is 52.7. The zero-order chi connectivity index (χ0) is 78.9. The molecule has 5 unspecified atom stereocenters. The minimum atomic E-state index is -5.03. The number of hydrogen-bond donors (Lipinski definition) is 3. The molecule has 0 spiro atoms. The molecule has 0 heterocycles. The Balaban J connectivity index is 5.56. The van der Waals surface area contributed by atoms with E-state index in [1.807, 2.05) is 24.3 Å². The quantitative estimate of drug-likeness (QED) is 0.0169. The molecule has 0 bridgehead atoms. The van der Waals surface area contributed by atoms with Crippen molar-refractivity contribution in [2.75, 3.05) is 39.6 Å². The van der Waals surface area contributed by atoms with Gasteiger partial charge in [-0.1, -0.05) is 291 Å². The van der Waals surface area contributed by atoms with Crippen LogP contribution in [0.25, 0.3) is 0 Å². The highest BCUT2D eigenvalue weighted by atomic mass is 31.2. The summed E-state index contributed by atoms with van der Waals surface area (Å²) in [4.78, 5) is 72.9. The second-order valence-corrected chi connectivity index (χ2v) is 28.1. The first-order valence-electron chi connectivity index (χ1n) is 39.6. The van der Waals surface area contributed by atoms with E-state index < -0.39 is 97.5 Å². The Bertz CT molecular complexity index is 2960. The van der Waals surface area contributed by atoms with E-state index in [0.717, 1.165) is 167 Å². The summed E-state index contributed by atoms with van der Waals surface area (Å²) in [7, 11) is -10.1. The predicted octanol–water partition coefficient (Wildman–Crippen LogP) is 23.4. The molecule has 0 aliphatic rings. The van der Waals surface area contributed by atoms with E-state index in [1.165, 1.54) is 0 Å². The molecule has 604 valence electrons. The third-order valence-corrected chi connectivity index (χ3v) is 17.1. The molecular formula is C89H136O17P2. The number of esters is 4. The Labute approximate surface area is 651 Å². The fourth-order valence-corrected chi connectivity index (χ4v) is 10.9. The lowest BCUT2D eigenvalue weighted by atomic mass is 10.1. The average molecular weight is 1540 g/mol. The van der Waals surface area contributed by atoms with Gasteiger partial charge in [-0.2, -0.15) is 0 Å². The summed E-state index contributed by atoms with van der Waals surface area (Å²) in [5.74, 6) is -2.56. The molecule has 17 nitrogen and oxygen atoms in total. The zero-order valence-corrected chi connectivity index (χ0v) is 67.7. The molecule has 3 N–H and O–H groups in total. The predicted molar refractivity (Wildman–Crippen MR) is 444 cm³/mol. The van der Waals surface area contributed by atoms with Crippen LogP contribution in [0.1, 0.15) is 246 Å². The summed E-state index contributed by atoms with van der Waals surface area (Å²) in [5, 5.41) is 10.6. The second kappa shape index (κ2) is 78.2. The highest BCUT2D eigenvalue weighted by Crippen LogP contribution is 2.45. The van der Waals surface area contributed by atoms with Gasteiger partial charge in [0.2, 0.25) is 0 Å². The topological polar surface area (TPSA) is 237 Å². The summed E-state index contributed by atoms with van der Waals surface area (Å²) in [6.07, 6.45) is 101. The van der Waals surface area contributed by atoms with Gasteiger partial charge in [0, 0.05) is 12.8 Å². The van der Waals surface area contributed by atoms with E-state index in [-0.39, 0.29) is 25.7 Å². The van der Waals surface area contributed by atoms with Gasteiger partial charge >= 0.3 is 39.5 Å². The van der Waals surface area contributed by atoms with Gasteiger partial charge in [-0.15, -0.1) is 0 Å². The van der Waals surface area contributed by atoms with Crippen LogP contribution in [0.4, 0.5) is 0 Å². The largest absolute Gasteiger partial charge is 0.472 e. The van der Waals surface area contributed by atoms with Gasteiger partial charge < -0.3 is 33.8 Å². The monoisotopic (exact) mass is 1540 g/mol. The standard InChI is InChI=1S/C89H136O17P2/c1-5-9-13-17-21-25-29-33-37-39-41-43-47-49-53-57-61-65-69-73-86(91)99-79-84(105-88(93)75-71-67-63-59-55-51-45-35-31-27-23-19-15-11-7-3)81-103-107(95,96)101-77-83(90)78-102-108(97,98)104-82-85(106-89(94)76-72-68-64-60-56-52-46-36-32-28-24-20-16-12-8-4)80-100-87(92)74-70-66-62-58-54-50-48-44-42-40-38-34-30-26-22-18-14-10-6-2/h9-16,21-28,33-38,41-46,49,53,55-56,59-60,67-68,71-72,83-85,90H,5-8,17-20,29-32,39-40,47-48,50-52,54,57-58,61-66,69-70,73-82H2,1-4H3,(H,95,96)(H,97,98)/b13-9-,14-10-,15-11-,16-12-,25-21-,26-22-,27-23-,28-24-,37-33-,38-34-,43-41-,44-42-,45-35-,46-36-,53-49-,59-55-,60-56-,71-67-,72-68-. The molecule has 0 aliphatic carbocycles. The van der Waals surface area contributed by atoms with Crippen LogP contribution in [0.2, 0.25) is 0 Å². The number of aliphatic hydroxyl groups excluding tert-OH is 1. The smallest absolute Gasteiger partial charge is 0.462 e. The number of phosphoric acid groups is 2. The number of carbonyl (C=O) groups excluding carboxylic acids is 4. The molecule has 0 radical (unpaired) electrons. The summed E-state index contributed by atoms with van der Waals surface area (Å²) < 4.78 is 68.3. The van der Waals surface area contributed by atoms with Crippen LogP contribution in [-0.2, 0) is 65.4 Å². The molecule has 0 saturated heterocycles. The van der Waals surface area contributed by atoms with E-state index in [4.69, 9.17) is 37.0 Å². The highest BCUT2D eigenvalue weighted by Gasteiger charge is 2.30. The fourth-order valence-electron chi connectivity index (χ4n) is 9.33. The highest BCUT2D eigenvalue weighted by molar-refractivity contribution is 7.47. The number of hydrogen-bond acceptors (Lipinski definition) is 15. The lowest BCUT2D eigenvalue weighted by Crippen LogP contribution is -2.30. The number of carbonyl (C=O) groups is 4. The number of unbranched alkanes of at least 4 members (excludes halogenated alkanes) is 9. The zero-order valence-electron chi connectivity index (χ0n) is 65.9. The Kier molecular flexibility index (Phi) is 73.3. The van der Waals surface area contributed by atoms with E-state index in [9.17, 15) is 43.2 Å². The minimum absolute atomic E-state index is 0.0899. The van der Waals surface area contributed by atoms with Gasteiger partial charge in [0.25, 0.3) is 0 Å². The van der Waals surface area contributed by atoms with Crippen LogP contribution in [0.5, 0.6) is 0 Å². The minimum Gasteiger partial charge on any atom is -0.462 e. The van der Waals surface area contributed by atoms with E-state index in [2.05, 4.69) is 210 Å². The molecule has 0 fully saturated rings. The van der Waals surface area contributed by atoms with Gasteiger partial charge in [-0.25, -0.2) is 9.13 Å². The van der Waals surface area contributed by atoms with Crippen molar-refractivity contribution in [3.63, 3.8) is 0 Å². The van der Waals surface area contributed by atoms with Gasteiger partial charge in [0.1, 0.15) is 19.3 Å². The third-order valence-electron chi connectivity index (χ3n) is 15.2. The van der Waals surface area contributed by atoms with Gasteiger partial charge in [0.05, 0.1) is 39.3 Å². The molecule has 0 aromatic heterocycles. The Morgan fingerprint density at radius 3 is 0.750 bits per heavy atom. The molecule has 5 atom stereocenters. The van der Waals surface area contributed by atoms with Crippen LogP contribution in [0, 0.1) is 0 Å². The van der Waals surface area contributed by atoms with Crippen molar-refractivity contribution < 1.29 is 80.2 Å². The van der Waals surface area contributed by atoms with Crippen molar-refractivity contribution in [2.45, 2.75) is 264 Å². The molecule has 108 heavy (non-hydrogen) atoms. The Morgan fingerprint density at radius 2 is 0.481 bits per heavy atom. The number of phosphoric ester groups is 2. The molecule has 0 rings (SSSR count).